The monoisotopic (exact) mass is 338 g/mol. The lowest BCUT2D eigenvalue weighted by atomic mass is 10.2. The van der Waals surface area contributed by atoms with Gasteiger partial charge in [0.15, 0.2) is 9.84 Å². The molecule has 0 aliphatic carbocycles. The number of hydrogen-bond donors (Lipinski definition) is 0. The van der Waals surface area contributed by atoms with E-state index in [-0.39, 0.29) is 12.4 Å². The van der Waals surface area contributed by atoms with Crippen molar-refractivity contribution in [3.63, 3.8) is 0 Å². The van der Waals surface area contributed by atoms with E-state index >= 15 is 0 Å². The fourth-order valence-electron chi connectivity index (χ4n) is 1.29. The van der Waals surface area contributed by atoms with Crippen LogP contribution in [-0.4, -0.2) is 26.0 Å². The molecule has 1 rings (SSSR count). The van der Waals surface area contributed by atoms with Gasteiger partial charge in [0.2, 0.25) is 0 Å². The number of hydrogen-bond acceptors (Lipinski definition) is 3. The van der Waals surface area contributed by atoms with Gasteiger partial charge in [-0.15, -0.1) is 0 Å². The summed E-state index contributed by atoms with van der Waals surface area (Å²) >= 11 is 3.23. The van der Waals surface area contributed by atoms with Crippen LogP contribution in [0.15, 0.2) is 18.2 Å². The fourth-order valence-corrected chi connectivity index (χ4v) is 2.40. The second kappa shape index (κ2) is 6.52. The highest BCUT2D eigenvalue weighted by atomic mass is 79.9. The van der Waals surface area contributed by atoms with Gasteiger partial charge < -0.3 is 4.74 Å². The smallest absolute Gasteiger partial charge is 0.155 e. The van der Waals surface area contributed by atoms with Crippen molar-refractivity contribution in [1.29, 1.82) is 0 Å². The molecular formula is C12H16BrFO3S. The zero-order valence-corrected chi connectivity index (χ0v) is 12.7. The van der Waals surface area contributed by atoms with Gasteiger partial charge in [-0.1, -0.05) is 15.9 Å². The molecule has 0 aliphatic heterocycles. The molecule has 1 aromatic carbocycles. The van der Waals surface area contributed by atoms with Crippen molar-refractivity contribution < 1.29 is 17.5 Å². The molecule has 0 N–H and O–H groups in total. The topological polar surface area (TPSA) is 43.4 Å². The third-order valence-electron chi connectivity index (χ3n) is 2.44. The van der Waals surface area contributed by atoms with Crippen LogP contribution >= 0.6 is 15.9 Å². The maximum atomic E-state index is 13.2. The molecule has 18 heavy (non-hydrogen) atoms. The summed E-state index contributed by atoms with van der Waals surface area (Å²) in [6, 6.07) is 4.32. The van der Waals surface area contributed by atoms with Crippen LogP contribution in [0.5, 0.6) is 5.75 Å². The molecule has 0 saturated carbocycles. The van der Waals surface area contributed by atoms with Gasteiger partial charge >= 0.3 is 0 Å². The molecule has 0 bridgehead atoms. The first-order valence-electron chi connectivity index (χ1n) is 5.55. The Kier molecular flexibility index (Phi) is 5.59. The first-order valence-corrected chi connectivity index (χ1v) is 8.38. The van der Waals surface area contributed by atoms with E-state index in [1.54, 1.807) is 19.9 Å². The van der Waals surface area contributed by atoms with Gasteiger partial charge in [-0.05, 0) is 31.5 Å². The van der Waals surface area contributed by atoms with Crippen molar-refractivity contribution in [3.05, 3.63) is 29.6 Å². The minimum absolute atomic E-state index is 0.0334. The van der Waals surface area contributed by atoms with Crippen LogP contribution in [0, 0.1) is 5.82 Å². The molecule has 0 saturated heterocycles. The number of halogens is 2. The van der Waals surface area contributed by atoms with Crippen LogP contribution in [-0.2, 0) is 15.2 Å². The lowest BCUT2D eigenvalue weighted by molar-refractivity contribution is 0.338. The predicted octanol–water partition coefficient (Wildman–Crippen LogP) is 2.92. The Morgan fingerprint density at radius 1 is 1.33 bits per heavy atom. The molecule has 0 radical (unpaired) electrons. The van der Waals surface area contributed by atoms with Crippen LogP contribution in [0.25, 0.3) is 0 Å². The van der Waals surface area contributed by atoms with Crippen molar-refractivity contribution in [3.8, 4) is 5.75 Å². The molecule has 0 spiro atoms. The van der Waals surface area contributed by atoms with Gasteiger partial charge in [0.1, 0.15) is 18.2 Å². The predicted molar refractivity (Wildman–Crippen MR) is 73.4 cm³/mol. The third kappa shape index (κ3) is 4.57. The first kappa shape index (κ1) is 15.4. The SMILES string of the molecule is CC(C)S(=O)(=O)CCOc1cc(F)cc(CBr)c1. The fraction of sp³-hybridized carbons (Fsp3) is 0.500. The quantitative estimate of drug-likeness (QED) is 0.749. The Morgan fingerprint density at radius 2 is 2.00 bits per heavy atom. The van der Waals surface area contributed by atoms with E-state index in [0.29, 0.717) is 11.1 Å². The summed E-state index contributed by atoms with van der Waals surface area (Å²) in [6.45, 7) is 3.28. The molecule has 3 nitrogen and oxygen atoms in total. The van der Waals surface area contributed by atoms with Crippen LogP contribution < -0.4 is 4.74 Å². The van der Waals surface area contributed by atoms with Gasteiger partial charge in [-0.2, -0.15) is 0 Å². The van der Waals surface area contributed by atoms with E-state index < -0.39 is 20.9 Å². The summed E-state index contributed by atoms with van der Waals surface area (Å²) in [7, 11) is -3.12. The van der Waals surface area contributed by atoms with E-state index in [1.165, 1.54) is 12.1 Å². The first-order chi connectivity index (χ1) is 8.35. The zero-order chi connectivity index (χ0) is 13.8. The maximum absolute atomic E-state index is 13.2. The average Bonchev–Trinajstić information content (AvgIpc) is 2.27. The van der Waals surface area contributed by atoms with Crippen LogP contribution in [0.2, 0.25) is 0 Å². The van der Waals surface area contributed by atoms with Gasteiger partial charge in [-0.3, -0.25) is 0 Å². The molecule has 0 unspecified atom stereocenters. The minimum atomic E-state index is -3.12. The van der Waals surface area contributed by atoms with Crippen molar-refractivity contribution in [1.82, 2.24) is 0 Å². The molecule has 1 aromatic rings. The van der Waals surface area contributed by atoms with Crippen molar-refractivity contribution in [2.24, 2.45) is 0 Å². The number of benzene rings is 1. The van der Waals surface area contributed by atoms with Crippen molar-refractivity contribution in [2.75, 3.05) is 12.4 Å². The highest BCUT2D eigenvalue weighted by Gasteiger charge is 2.15. The summed E-state index contributed by atoms with van der Waals surface area (Å²) in [5.74, 6) is -0.109. The molecule has 0 amide bonds. The molecule has 0 atom stereocenters. The second-order valence-electron chi connectivity index (χ2n) is 4.19. The third-order valence-corrected chi connectivity index (χ3v) is 5.26. The number of alkyl halides is 1. The highest BCUT2D eigenvalue weighted by molar-refractivity contribution is 9.08. The zero-order valence-electron chi connectivity index (χ0n) is 10.3. The molecule has 0 fully saturated rings. The maximum Gasteiger partial charge on any atom is 0.155 e. The number of rotatable bonds is 6. The molecule has 0 heterocycles. The van der Waals surface area contributed by atoms with E-state index in [4.69, 9.17) is 4.74 Å². The van der Waals surface area contributed by atoms with E-state index in [9.17, 15) is 12.8 Å². The Bertz CT molecular complexity index is 500. The van der Waals surface area contributed by atoms with Gasteiger partial charge in [-0.25, -0.2) is 12.8 Å². The van der Waals surface area contributed by atoms with Crippen molar-refractivity contribution >= 4 is 25.8 Å². The van der Waals surface area contributed by atoms with Crippen LogP contribution in [0.3, 0.4) is 0 Å². The largest absolute Gasteiger partial charge is 0.492 e. The Balaban J connectivity index is 2.62. The highest BCUT2D eigenvalue weighted by Crippen LogP contribution is 2.18. The second-order valence-corrected chi connectivity index (χ2v) is 7.43. The lowest BCUT2D eigenvalue weighted by Gasteiger charge is -2.10. The van der Waals surface area contributed by atoms with E-state index in [0.717, 1.165) is 5.56 Å². The van der Waals surface area contributed by atoms with Gasteiger partial charge in [0.05, 0.1) is 11.0 Å². The molecule has 0 aliphatic rings. The Hall–Kier alpha value is -0.620. The standard InChI is InChI=1S/C12H16BrFO3S/c1-9(2)18(15,16)4-3-17-12-6-10(8-13)5-11(14)7-12/h5-7,9H,3-4,8H2,1-2H3. The molecule has 0 aromatic heterocycles. The van der Waals surface area contributed by atoms with E-state index in [2.05, 4.69) is 15.9 Å². The van der Waals surface area contributed by atoms with Crippen LogP contribution in [0.1, 0.15) is 19.4 Å². The van der Waals surface area contributed by atoms with Gasteiger partial charge in [0.25, 0.3) is 0 Å². The molecule has 102 valence electrons. The average molecular weight is 339 g/mol. The summed E-state index contributed by atoms with van der Waals surface area (Å²) in [4.78, 5) is 0. The summed E-state index contributed by atoms with van der Waals surface area (Å²) < 4.78 is 41.6. The molecule has 6 heteroatoms. The Labute approximate surface area is 115 Å². The Morgan fingerprint density at radius 3 is 2.56 bits per heavy atom. The number of sulfone groups is 1. The minimum Gasteiger partial charge on any atom is -0.492 e. The summed E-state index contributed by atoms with van der Waals surface area (Å²) in [5.41, 5.74) is 0.747. The lowest BCUT2D eigenvalue weighted by Crippen LogP contribution is -2.22. The summed E-state index contributed by atoms with van der Waals surface area (Å²) in [5, 5.41) is 0.0949. The van der Waals surface area contributed by atoms with Crippen LogP contribution in [0.4, 0.5) is 4.39 Å². The van der Waals surface area contributed by atoms with Gasteiger partial charge in [0, 0.05) is 11.4 Å². The van der Waals surface area contributed by atoms with Crippen molar-refractivity contribution in [2.45, 2.75) is 24.4 Å². The van der Waals surface area contributed by atoms with E-state index in [1.807, 2.05) is 0 Å². The molecular weight excluding hydrogens is 323 g/mol. The number of ether oxygens (including phenoxy) is 1. The normalized spacial score (nSPS) is 11.8. The summed E-state index contributed by atoms with van der Waals surface area (Å²) in [6.07, 6.45) is 0.